The number of halogens is 1. The normalized spacial score (nSPS) is 16.6. The maximum atomic E-state index is 15.2. The van der Waals surface area contributed by atoms with Crippen molar-refractivity contribution in [3.63, 3.8) is 0 Å². The maximum Gasteiger partial charge on any atom is 0.410 e. The molecule has 1 fully saturated rings. The molecule has 3 aliphatic rings. The van der Waals surface area contributed by atoms with Crippen molar-refractivity contribution < 1.29 is 13.9 Å². The van der Waals surface area contributed by atoms with Gasteiger partial charge in [0, 0.05) is 55.7 Å². The van der Waals surface area contributed by atoms with Gasteiger partial charge in [-0.25, -0.2) is 14.2 Å². The van der Waals surface area contributed by atoms with Crippen molar-refractivity contribution in [2.24, 2.45) is 4.99 Å². The highest BCUT2D eigenvalue weighted by molar-refractivity contribution is 6.35. The standard InChI is InChI=1S/C30H32FN7O2/c1-30(2,3)40-29(39)37-15-13-36(14-16-37)22-9-10-25(24(31)18-22)34-28-33-19-21-17-23(20-7-5-4-6-8-20)27-32-11-12-38(27)26(21)35-28/h4-10,17-19H,11-16H2,1-3H3,(H,33,34,35). The largest absolute Gasteiger partial charge is 0.444 e. The average Bonchev–Trinajstić information content (AvgIpc) is 3.44. The Morgan fingerprint density at radius 1 is 1.02 bits per heavy atom. The fraction of sp³-hybridized carbons (Fsp3) is 0.333. The molecule has 0 radical (unpaired) electrons. The molecule has 40 heavy (non-hydrogen) atoms. The van der Waals surface area contributed by atoms with Gasteiger partial charge in [0.15, 0.2) is 0 Å². The molecule has 0 atom stereocenters. The molecule has 0 saturated carbocycles. The number of anilines is 4. The Hall–Kier alpha value is -4.47. The molecule has 9 nitrogen and oxygen atoms in total. The van der Waals surface area contributed by atoms with Crippen LogP contribution >= 0.6 is 0 Å². The van der Waals surface area contributed by atoms with Gasteiger partial charge in [-0.2, -0.15) is 4.98 Å². The van der Waals surface area contributed by atoms with E-state index in [1.807, 2.05) is 45.0 Å². The van der Waals surface area contributed by atoms with Gasteiger partial charge >= 0.3 is 6.09 Å². The molecule has 0 bridgehead atoms. The fourth-order valence-electron chi connectivity index (χ4n) is 5.09. The van der Waals surface area contributed by atoms with E-state index in [2.05, 4.69) is 38.3 Å². The lowest BCUT2D eigenvalue weighted by Gasteiger charge is -2.36. The molecular formula is C30H32FN7O2. The molecule has 0 unspecified atom stereocenters. The second kappa shape index (κ2) is 10.3. The Kier molecular flexibility index (Phi) is 6.61. The van der Waals surface area contributed by atoms with Crippen molar-refractivity contribution in [2.75, 3.05) is 54.4 Å². The first-order chi connectivity index (χ1) is 19.2. The molecule has 1 amide bonds. The summed E-state index contributed by atoms with van der Waals surface area (Å²) in [5.41, 5.74) is 3.55. The molecule has 0 aliphatic carbocycles. The van der Waals surface area contributed by atoms with Crippen LogP contribution in [-0.4, -0.2) is 71.7 Å². The van der Waals surface area contributed by atoms with Crippen molar-refractivity contribution in [2.45, 2.75) is 26.4 Å². The van der Waals surface area contributed by atoms with Crippen LogP contribution in [0.15, 0.2) is 59.7 Å². The summed E-state index contributed by atoms with van der Waals surface area (Å²) in [5.74, 6) is 1.57. The van der Waals surface area contributed by atoms with Gasteiger partial charge in [0.2, 0.25) is 5.95 Å². The van der Waals surface area contributed by atoms with Crippen molar-refractivity contribution in [3.05, 3.63) is 71.7 Å². The van der Waals surface area contributed by atoms with Gasteiger partial charge in [-0.1, -0.05) is 30.3 Å². The number of benzene rings is 2. The number of carbonyl (C=O) groups excluding carboxylic acids is 1. The third-order valence-corrected chi connectivity index (χ3v) is 7.01. The number of aliphatic imine (C=N–C) groups is 1. The van der Waals surface area contributed by atoms with Crippen LogP contribution < -0.4 is 15.1 Å². The van der Waals surface area contributed by atoms with Crippen LogP contribution in [0.1, 0.15) is 31.9 Å². The number of piperazine rings is 1. The molecular weight excluding hydrogens is 509 g/mol. The second-order valence-electron chi connectivity index (χ2n) is 11.0. The van der Waals surface area contributed by atoms with Gasteiger partial charge in [-0.3, -0.25) is 4.99 Å². The molecule has 10 heteroatoms. The number of hydrogen-bond donors (Lipinski definition) is 1. The van der Waals surface area contributed by atoms with Gasteiger partial charge in [-0.05, 0) is 50.6 Å². The summed E-state index contributed by atoms with van der Waals surface area (Å²) in [6, 6.07) is 15.2. The first-order valence-electron chi connectivity index (χ1n) is 13.5. The molecule has 206 valence electrons. The van der Waals surface area contributed by atoms with Crippen molar-refractivity contribution in [1.82, 2.24) is 14.9 Å². The van der Waals surface area contributed by atoms with Gasteiger partial charge in [0.25, 0.3) is 0 Å². The highest BCUT2D eigenvalue weighted by Gasteiger charge is 2.30. The number of carbonyl (C=O) groups is 1. The lowest BCUT2D eigenvalue weighted by atomic mass is 9.99. The molecule has 0 spiro atoms. The van der Waals surface area contributed by atoms with Crippen LogP contribution in [0.3, 0.4) is 0 Å². The summed E-state index contributed by atoms with van der Waals surface area (Å²) >= 11 is 0. The van der Waals surface area contributed by atoms with E-state index in [0.717, 1.165) is 40.6 Å². The summed E-state index contributed by atoms with van der Waals surface area (Å²) in [4.78, 5) is 32.1. The van der Waals surface area contributed by atoms with E-state index in [9.17, 15) is 4.79 Å². The third-order valence-electron chi connectivity index (χ3n) is 7.01. The van der Waals surface area contributed by atoms with Crippen molar-refractivity contribution in [3.8, 4) is 0 Å². The van der Waals surface area contributed by atoms with E-state index in [0.29, 0.717) is 44.4 Å². The summed E-state index contributed by atoms with van der Waals surface area (Å²) in [5, 5.41) is 3.05. The smallest absolute Gasteiger partial charge is 0.410 e. The quantitative estimate of drug-likeness (QED) is 0.487. The van der Waals surface area contributed by atoms with E-state index in [-0.39, 0.29) is 6.09 Å². The molecule has 2 aromatic carbocycles. The Labute approximate surface area is 233 Å². The highest BCUT2D eigenvalue weighted by Crippen LogP contribution is 2.35. The van der Waals surface area contributed by atoms with Gasteiger partial charge in [-0.15, -0.1) is 0 Å². The topological polar surface area (TPSA) is 86.2 Å². The average molecular weight is 542 g/mol. The zero-order chi connectivity index (χ0) is 27.9. The molecule has 3 aromatic rings. The SMILES string of the molecule is CC(C)(C)OC(=O)N1CCN(c2ccc(Nc3ncc4c(n3)N3CCN=C3C(c3ccccc3)=C4)c(F)c2)CC1. The number of nitrogens with zero attached hydrogens (tertiary/aromatic N) is 6. The number of aromatic nitrogens is 2. The summed E-state index contributed by atoms with van der Waals surface area (Å²) in [7, 11) is 0. The molecule has 4 heterocycles. The number of amides is 1. The van der Waals surface area contributed by atoms with Gasteiger partial charge in [0.05, 0.1) is 12.2 Å². The zero-order valence-corrected chi connectivity index (χ0v) is 22.9. The second-order valence-corrected chi connectivity index (χ2v) is 11.0. The first-order valence-corrected chi connectivity index (χ1v) is 13.5. The highest BCUT2D eigenvalue weighted by atomic mass is 19.1. The number of rotatable bonds is 4. The Morgan fingerprint density at radius 2 is 1.80 bits per heavy atom. The lowest BCUT2D eigenvalue weighted by Crippen LogP contribution is -2.50. The number of ether oxygens (including phenoxy) is 1. The number of nitrogens with one attached hydrogen (secondary N) is 1. The number of hydrogen-bond acceptors (Lipinski definition) is 8. The minimum absolute atomic E-state index is 0.294. The van der Waals surface area contributed by atoms with Crippen LogP contribution in [0.5, 0.6) is 0 Å². The predicted molar refractivity (Wildman–Crippen MR) is 156 cm³/mol. The summed E-state index contributed by atoms with van der Waals surface area (Å²) < 4.78 is 20.7. The molecule has 6 rings (SSSR count). The first kappa shape index (κ1) is 25.8. The van der Waals surface area contributed by atoms with Gasteiger partial charge in [0.1, 0.15) is 23.1 Å². The van der Waals surface area contributed by atoms with Crippen molar-refractivity contribution >= 4 is 46.7 Å². The maximum absolute atomic E-state index is 15.2. The number of fused-ring (bicyclic) bond motifs is 3. The lowest BCUT2D eigenvalue weighted by molar-refractivity contribution is 0.0240. The Bertz CT molecular complexity index is 1490. The van der Waals surface area contributed by atoms with Gasteiger partial charge < -0.3 is 24.8 Å². The molecule has 1 saturated heterocycles. The van der Waals surface area contributed by atoms with Crippen molar-refractivity contribution in [1.29, 1.82) is 0 Å². The zero-order valence-electron chi connectivity index (χ0n) is 22.9. The monoisotopic (exact) mass is 541 g/mol. The van der Waals surface area contributed by atoms with E-state index >= 15 is 4.39 Å². The third kappa shape index (κ3) is 5.21. The van der Waals surface area contributed by atoms with Crippen LogP contribution in [0.2, 0.25) is 0 Å². The van der Waals surface area contributed by atoms with Crippen LogP contribution in [0, 0.1) is 5.82 Å². The van der Waals surface area contributed by atoms with E-state index in [1.54, 1.807) is 17.2 Å². The minimum atomic E-state index is -0.534. The fourth-order valence-corrected chi connectivity index (χ4v) is 5.09. The summed E-state index contributed by atoms with van der Waals surface area (Å²) in [6.45, 7) is 9.20. The molecule has 1 N–H and O–H groups in total. The Balaban J connectivity index is 1.16. The minimum Gasteiger partial charge on any atom is -0.444 e. The molecule has 1 aromatic heterocycles. The van der Waals surface area contributed by atoms with Crippen LogP contribution in [-0.2, 0) is 4.74 Å². The van der Waals surface area contributed by atoms with E-state index < -0.39 is 11.4 Å². The van der Waals surface area contributed by atoms with Crippen LogP contribution in [0.25, 0.3) is 11.6 Å². The van der Waals surface area contributed by atoms with Crippen LogP contribution in [0.4, 0.5) is 32.3 Å². The predicted octanol–water partition coefficient (Wildman–Crippen LogP) is 5.19. The summed E-state index contributed by atoms with van der Waals surface area (Å²) in [6.07, 6.45) is 3.51. The number of amidine groups is 1. The Morgan fingerprint density at radius 3 is 2.52 bits per heavy atom. The van der Waals surface area contributed by atoms with E-state index in [1.165, 1.54) is 6.07 Å². The van der Waals surface area contributed by atoms with E-state index in [4.69, 9.17) is 14.7 Å². The molecule has 3 aliphatic heterocycles.